The van der Waals surface area contributed by atoms with Gasteiger partial charge in [0.2, 0.25) is 0 Å². The summed E-state index contributed by atoms with van der Waals surface area (Å²) in [6.07, 6.45) is 9.14. The van der Waals surface area contributed by atoms with E-state index in [0.717, 1.165) is 49.9 Å². The van der Waals surface area contributed by atoms with Gasteiger partial charge < -0.3 is 4.57 Å². The molecule has 1 aromatic rings. The summed E-state index contributed by atoms with van der Waals surface area (Å²) in [5.74, 6) is 0. The van der Waals surface area contributed by atoms with Gasteiger partial charge in [-0.25, -0.2) is 0 Å². The summed E-state index contributed by atoms with van der Waals surface area (Å²) in [5, 5.41) is 8.72. The minimum absolute atomic E-state index is 0.138. The topological polar surface area (TPSA) is 45.8 Å². The molecule has 0 amide bonds. The average Bonchev–Trinajstić information content (AvgIpc) is 2.49. The van der Waals surface area contributed by atoms with Gasteiger partial charge in [-0.05, 0) is 31.3 Å². The first kappa shape index (κ1) is 17.2. The first-order chi connectivity index (χ1) is 10.2. The molecule has 21 heavy (non-hydrogen) atoms. The van der Waals surface area contributed by atoms with Crippen LogP contribution in [0.25, 0.3) is 5.57 Å². The summed E-state index contributed by atoms with van der Waals surface area (Å²) in [4.78, 5) is 12.2. The predicted octanol–water partition coefficient (Wildman–Crippen LogP) is 4.31. The van der Waals surface area contributed by atoms with Crippen LogP contribution in [0, 0.1) is 11.3 Å². The number of pyridine rings is 1. The van der Waals surface area contributed by atoms with Gasteiger partial charge in [0.05, 0.1) is 11.8 Å². The Labute approximate surface area is 127 Å². The Bertz CT molecular complexity index is 576. The van der Waals surface area contributed by atoms with Crippen LogP contribution in [0.1, 0.15) is 64.1 Å². The van der Waals surface area contributed by atoms with Gasteiger partial charge in [0.25, 0.3) is 0 Å². The summed E-state index contributed by atoms with van der Waals surface area (Å²) in [5.41, 5.74) is 3.40. The van der Waals surface area contributed by atoms with Gasteiger partial charge >= 0.3 is 0 Å². The molecule has 0 saturated carbocycles. The van der Waals surface area contributed by atoms with Crippen molar-refractivity contribution >= 4 is 5.57 Å². The molecule has 3 nitrogen and oxygen atoms in total. The number of aryl methyl sites for hydroxylation is 1. The summed E-state index contributed by atoms with van der Waals surface area (Å²) in [6.45, 7) is 7.15. The molecule has 0 bridgehead atoms. The Morgan fingerprint density at radius 3 is 2.71 bits per heavy atom. The minimum atomic E-state index is 0.138. The molecule has 0 fully saturated rings. The first-order valence-corrected chi connectivity index (χ1v) is 7.98. The molecule has 0 radical (unpaired) electrons. The van der Waals surface area contributed by atoms with E-state index in [1.54, 1.807) is 6.07 Å². The molecule has 0 aliphatic heterocycles. The average molecular weight is 286 g/mol. The van der Waals surface area contributed by atoms with E-state index in [0.29, 0.717) is 6.42 Å². The highest BCUT2D eigenvalue weighted by atomic mass is 16.1. The van der Waals surface area contributed by atoms with Gasteiger partial charge in [-0.1, -0.05) is 33.3 Å². The molecule has 0 atom stereocenters. The zero-order chi connectivity index (χ0) is 15.7. The lowest BCUT2D eigenvalue weighted by atomic mass is 9.98. The van der Waals surface area contributed by atoms with Gasteiger partial charge in [0, 0.05) is 30.8 Å². The summed E-state index contributed by atoms with van der Waals surface area (Å²) in [7, 11) is 0. The number of aromatic nitrogens is 1. The fourth-order valence-electron chi connectivity index (χ4n) is 2.66. The number of unbranched alkanes of at least 4 members (excludes halogenated alkanes) is 1. The lowest BCUT2D eigenvalue weighted by molar-refractivity contribution is 0.633. The molecule has 0 unspecified atom stereocenters. The highest BCUT2D eigenvalue weighted by Gasteiger charge is 2.13. The van der Waals surface area contributed by atoms with Crippen molar-refractivity contribution in [2.45, 2.75) is 65.8 Å². The molecule has 114 valence electrons. The highest BCUT2D eigenvalue weighted by molar-refractivity contribution is 5.65. The van der Waals surface area contributed by atoms with Crippen molar-refractivity contribution in [3.63, 3.8) is 0 Å². The Morgan fingerprint density at radius 1 is 1.38 bits per heavy atom. The van der Waals surface area contributed by atoms with Crippen LogP contribution in [-0.2, 0) is 13.0 Å². The van der Waals surface area contributed by atoms with Crippen molar-refractivity contribution in [1.29, 1.82) is 5.26 Å². The summed E-state index contributed by atoms with van der Waals surface area (Å²) in [6, 6.07) is 3.85. The van der Waals surface area contributed by atoms with Crippen LogP contribution in [0.4, 0.5) is 0 Å². The van der Waals surface area contributed by atoms with Gasteiger partial charge in [-0.3, -0.25) is 4.79 Å². The zero-order valence-electron chi connectivity index (χ0n) is 13.5. The molecule has 0 aromatic carbocycles. The van der Waals surface area contributed by atoms with Crippen molar-refractivity contribution in [3.8, 4) is 6.07 Å². The third kappa shape index (κ3) is 4.60. The van der Waals surface area contributed by atoms with Crippen molar-refractivity contribution in [2.75, 3.05) is 0 Å². The summed E-state index contributed by atoms with van der Waals surface area (Å²) < 4.78 is 2.16. The molecule has 0 saturated heterocycles. The van der Waals surface area contributed by atoms with E-state index in [9.17, 15) is 4.79 Å². The lowest BCUT2D eigenvalue weighted by Gasteiger charge is -2.19. The molecule has 3 heteroatoms. The molecular weight excluding hydrogens is 260 g/mol. The molecule has 0 N–H and O–H groups in total. The van der Waals surface area contributed by atoms with Crippen molar-refractivity contribution in [3.05, 3.63) is 39.8 Å². The van der Waals surface area contributed by atoms with Crippen LogP contribution < -0.4 is 5.43 Å². The largest absolute Gasteiger partial charge is 0.347 e. The fraction of sp³-hybridized carbons (Fsp3) is 0.556. The maximum absolute atomic E-state index is 12.2. The second-order valence-electron chi connectivity index (χ2n) is 5.20. The van der Waals surface area contributed by atoms with Crippen LogP contribution in [-0.4, -0.2) is 4.57 Å². The highest BCUT2D eigenvalue weighted by Crippen LogP contribution is 2.22. The van der Waals surface area contributed by atoms with Crippen molar-refractivity contribution in [1.82, 2.24) is 4.57 Å². The number of hydrogen-bond donors (Lipinski definition) is 0. The van der Waals surface area contributed by atoms with Gasteiger partial charge in [0.15, 0.2) is 5.43 Å². The van der Waals surface area contributed by atoms with Gasteiger partial charge in [-0.15, -0.1) is 0 Å². The fourth-order valence-corrected chi connectivity index (χ4v) is 2.66. The standard InChI is InChI=1S/C18H26N2O/c1-4-9-15(6-3)18-16(10-5-2)17(21)11-14-20(18)13-8-7-12-19/h9,11,14H,4-8,10,13H2,1-3H3/b15-9+. The SMILES string of the molecule is CC/C=C(\CC)c1c(CCC)c(=O)ccn1CCCC#N. The van der Waals surface area contributed by atoms with E-state index in [1.165, 1.54) is 5.57 Å². The molecule has 0 aliphatic carbocycles. The van der Waals surface area contributed by atoms with Crippen molar-refractivity contribution < 1.29 is 0 Å². The van der Waals surface area contributed by atoms with E-state index >= 15 is 0 Å². The van der Waals surface area contributed by atoms with Gasteiger partial charge in [0.1, 0.15) is 0 Å². The Hall–Kier alpha value is -1.82. The van der Waals surface area contributed by atoms with E-state index in [2.05, 4.69) is 37.5 Å². The Balaban J connectivity index is 3.36. The normalized spacial score (nSPS) is 11.4. The van der Waals surface area contributed by atoms with Crippen LogP contribution in [0.15, 0.2) is 23.1 Å². The van der Waals surface area contributed by atoms with Crippen molar-refractivity contribution in [2.24, 2.45) is 0 Å². The van der Waals surface area contributed by atoms with Crippen LogP contribution in [0.5, 0.6) is 0 Å². The number of nitriles is 1. The molecule has 1 rings (SSSR count). The zero-order valence-corrected chi connectivity index (χ0v) is 13.5. The van der Waals surface area contributed by atoms with E-state index < -0.39 is 0 Å². The lowest BCUT2D eigenvalue weighted by Crippen LogP contribution is -2.18. The predicted molar refractivity (Wildman–Crippen MR) is 88.1 cm³/mol. The quantitative estimate of drug-likeness (QED) is 0.668. The third-order valence-corrected chi connectivity index (χ3v) is 3.60. The molecule has 1 heterocycles. The number of hydrogen-bond acceptors (Lipinski definition) is 2. The van der Waals surface area contributed by atoms with Crippen LogP contribution in [0.3, 0.4) is 0 Å². The van der Waals surface area contributed by atoms with E-state index in [1.807, 2.05) is 6.20 Å². The smallest absolute Gasteiger partial charge is 0.185 e. The minimum Gasteiger partial charge on any atom is -0.347 e. The second-order valence-corrected chi connectivity index (χ2v) is 5.20. The molecule has 0 aliphatic rings. The number of rotatable bonds is 8. The van der Waals surface area contributed by atoms with Crippen LogP contribution >= 0.6 is 0 Å². The number of allylic oxidation sites excluding steroid dienone is 2. The molecular formula is C18H26N2O. The Kier molecular flexibility index (Phi) is 7.53. The van der Waals surface area contributed by atoms with Gasteiger partial charge in [-0.2, -0.15) is 5.26 Å². The summed E-state index contributed by atoms with van der Waals surface area (Å²) >= 11 is 0. The Morgan fingerprint density at radius 2 is 2.14 bits per heavy atom. The van der Waals surface area contributed by atoms with Crippen LogP contribution in [0.2, 0.25) is 0 Å². The first-order valence-electron chi connectivity index (χ1n) is 7.98. The third-order valence-electron chi connectivity index (χ3n) is 3.60. The second kappa shape index (κ2) is 9.18. The molecule has 1 aromatic heterocycles. The monoisotopic (exact) mass is 286 g/mol. The maximum Gasteiger partial charge on any atom is 0.185 e. The number of nitrogens with zero attached hydrogens (tertiary/aromatic N) is 2. The maximum atomic E-state index is 12.2. The van der Waals surface area contributed by atoms with E-state index in [-0.39, 0.29) is 5.43 Å². The molecule has 0 spiro atoms. The van der Waals surface area contributed by atoms with E-state index in [4.69, 9.17) is 5.26 Å².